The van der Waals surface area contributed by atoms with Gasteiger partial charge in [-0.15, -0.1) is 0 Å². The van der Waals surface area contributed by atoms with Crippen LogP contribution >= 0.6 is 17.9 Å². The molecule has 2 nitrogen and oxygen atoms in total. The van der Waals surface area contributed by atoms with Gasteiger partial charge in [-0.05, 0) is 0 Å². The van der Waals surface area contributed by atoms with Gasteiger partial charge in [0, 0.05) is 0 Å². The predicted octanol–water partition coefficient (Wildman–Crippen LogP) is 4.14. The van der Waals surface area contributed by atoms with Gasteiger partial charge in [0.2, 0.25) is 0 Å². The molecule has 0 bridgehead atoms. The van der Waals surface area contributed by atoms with Gasteiger partial charge in [-0.1, -0.05) is 0 Å². The van der Waals surface area contributed by atoms with Crippen molar-refractivity contribution in [2.24, 2.45) is 11.8 Å². The van der Waals surface area contributed by atoms with E-state index in [9.17, 15) is 9.59 Å². The Morgan fingerprint density at radius 2 is 1.18 bits per heavy atom. The zero-order chi connectivity index (χ0) is 13.6. The average molecular weight is 397 g/mol. The molecule has 0 rings (SSSR count). The molecule has 0 heterocycles. The van der Waals surface area contributed by atoms with Crippen molar-refractivity contribution < 1.29 is 9.59 Å². The van der Waals surface area contributed by atoms with E-state index in [-0.39, 0.29) is 20.5 Å². The molecule has 5 heteroatoms. The van der Waals surface area contributed by atoms with E-state index in [1.807, 2.05) is 27.7 Å². The summed E-state index contributed by atoms with van der Waals surface area (Å²) in [5.41, 5.74) is 0. The molecule has 0 spiro atoms. The second kappa shape index (κ2) is 8.00. The number of carbonyl (C=O) groups is 2. The van der Waals surface area contributed by atoms with Gasteiger partial charge in [0.05, 0.1) is 0 Å². The topological polar surface area (TPSA) is 34.1 Å². The first kappa shape index (κ1) is 17.7. The minimum absolute atomic E-state index is 0.101. The Labute approximate surface area is 116 Å². The van der Waals surface area contributed by atoms with Crippen LogP contribution in [0.4, 0.5) is 0 Å². The Balaban J connectivity index is 4.19. The summed E-state index contributed by atoms with van der Waals surface area (Å²) < 4.78 is 0.487. The number of carbonyl (C=O) groups excluding carboxylic acids is 2. The van der Waals surface area contributed by atoms with Crippen molar-refractivity contribution in [2.45, 2.75) is 49.5 Å². The molecule has 102 valence electrons. The van der Waals surface area contributed by atoms with Crippen LogP contribution in [0.25, 0.3) is 0 Å². The molecule has 17 heavy (non-hydrogen) atoms. The fourth-order valence-corrected chi connectivity index (χ4v) is 8.47. The molecule has 0 radical (unpaired) electrons. The quantitative estimate of drug-likeness (QED) is 0.578. The summed E-state index contributed by atoms with van der Waals surface area (Å²) in [4.78, 5) is 23.3. The molecule has 0 aromatic carbocycles. The molecule has 0 atom stereocenters. The van der Waals surface area contributed by atoms with Crippen molar-refractivity contribution >= 4 is 45.4 Å². The molecule has 0 amide bonds. The summed E-state index contributed by atoms with van der Waals surface area (Å²) in [6.45, 7) is 7.94. The fraction of sp³-hybridized carbons (Fsp3) is 0.833. The van der Waals surface area contributed by atoms with E-state index in [0.717, 1.165) is 0 Å². The normalized spacial score (nSPS) is 13.2. The summed E-state index contributed by atoms with van der Waals surface area (Å²) in [6, 6.07) is 0. The molecule has 0 aliphatic rings. The molecule has 0 saturated heterocycles. The molecular formula is C12H22Cl2O2Te. The van der Waals surface area contributed by atoms with Crippen molar-refractivity contribution in [2.75, 3.05) is 0 Å². The molecule has 0 N–H and O–H groups in total. The van der Waals surface area contributed by atoms with Gasteiger partial charge < -0.3 is 0 Å². The molecule has 0 unspecified atom stereocenters. The van der Waals surface area contributed by atoms with E-state index in [2.05, 4.69) is 0 Å². The number of hydrogen-bond donors (Lipinski definition) is 0. The molecule has 0 aromatic rings. The molecular weight excluding hydrogens is 375 g/mol. The minimum atomic E-state index is -3.26. The van der Waals surface area contributed by atoms with Gasteiger partial charge >= 0.3 is 116 Å². The van der Waals surface area contributed by atoms with Crippen LogP contribution in [0.2, 0.25) is 8.94 Å². The number of rotatable bonds is 8. The SMILES string of the molecule is CC(C)CC(=O)C[Te](Cl)(Cl)CC(=O)CC(C)C. The molecule has 0 aromatic heterocycles. The Morgan fingerprint density at radius 3 is 1.41 bits per heavy atom. The third-order valence-electron chi connectivity index (χ3n) is 2.02. The van der Waals surface area contributed by atoms with Crippen molar-refractivity contribution in [3.05, 3.63) is 0 Å². The Morgan fingerprint density at radius 1 is 0.882 bits per heavy atom. The van der Waals surface area contributed by atoms with Crippen LogP contribution in [0.1, 0.15) is 40.5 Å². The summed E-state index contributed by atoms with van der Waals surface area (Å²) in [6.07, 6.45) is 1.01. The summed E-state index contributed by atoms with van der Waals surface area (Å²) in [5.74, 6) is 0.841. The first-order valence-corrected chi connectivity index (χ1v) is 15.0. The van der Waals surface area contributed by atoms with Gasteiger partial charge in [0.15, 0.2) is 0 Å². The third kappa shape index (κ3) is 10.3. The summed E-state index contributed by atoms with van der Waals surface area (Å²) >= 11 is -3.26. The average Bonchev–Trinajstić information content (AvgIpc) is 1.95. The van der Waals surface area contributed by atoms with E-state index in [4.69, 9.17) is 17.9 Å². The first-order valence-electron chi connectivity index (χ1n) is 5.83. The molecule has 0 aliphatic carbocycles. The second-order valence-corrected chi connectivity index (χ2v) is 19.9. The van der Waals surface area contributed by atoms with Crippen LogP contribution in [-0.4, -0.2) is 27.5 Å². The van der Waals surface area contributed by atoms with Crippen LogP contribution in [0.5, 0.6) is 0 Å². The van der Waals surface area contributed by atoms with Gasteiger partial charge in [0.1, 0.15) is 0 Å². The van der Waals surface area contributed by atoms with E-state index in [1.165, 1.54) is 0 Å². The van der Waals surface area contributed by atoms with Crippen molar-refractivity contribution in [1.29, 1.82) is 0 Å². The zero-order valence-electron chi connectivity index (χ0n) is 11.0. The van der Waals surface area contributed by atoms with E-state index in [1.54, 1.807) is 0 Å². The predicted molar refractivity (Wildman–Crippen MR) is 76.0 cm³/mol. The van der Waals surface area contributed by atoms with Crippen LogP contribution in [0.3, 0.4) is 0 Å². The van der Waals surface area contributed by atoms with Gasteiger partial charge in [-0.3, -0.25) is 0 Å². The Bertz CT molecular complexity index is 250. The van der Waals surface area contributed by atoms with Crippen LogP contribution in [0.15, 0.2) is 0 Å². The standard InChI is InChI=1S/C12H22Cl2O2Te/c1-9(2)5-11(15)7-17(13,14)8-12(16)6-10(3)4/h9-10H,5-8H2,1-4H3. The summed E-state index contributed by atoms with van der Waals surface area (Å²) in [7, 11) is 12.4. The van der Waals surface area contributed by atoms with E-state index < -0.39 is 15.9 Å². The van der Waals surface area contributed by atoms with Crippen molar-refractivity contribution in [3.8, 4) is 0 Å². The number of halogens is 2. The maximum atomic E-state index is 11.6. The van der Waals surface area contributed by atoms with Crippen LogP contribution in [0, 0.1) is 11.8 Å². The first-order chi connectivity index (χ1) is 7.62. The van der Waals surface area contributed by atoms with Gasteiger partial charge in [0.25, 0.3) is 0 Å². The number of hydrogen-bond acceptors (Lipinski definition) is 2. The Hall–Kier alpha value is 0.710. The number of Topliss-reactive ketones (excluding diaryl/α,β-unsaturated/α-hetero) is 2. The van der Waals surface area contributed by atoms with Crippen molar-refractivity contribution in [1.82, 2.24) is 0 Å². The third-order valence-corrected chi connectivity index (χ3v) is 9.19. The van der Waals surface area contributed by atoms with E-state index >= 15 is 0 Å². The van der Waals surface area contributed by atoms with Crippen molar-refractivity contribution in [3.63, 3.8) is 0 Å². The molecule has 0 saturated carbocycles. The summed E-state index contributed by atoms with van der Waals surface area (Å²) in [5, 5.41) is 0. The fourth-order valence-electron chi connectivity index (χ4n) is 1.55. The Kier molecular flexibility index (Phi) is 8.33. The van der Waals surface area contributed by atoms with Crippen LogP contribution < -0.4 is 0 Å². The monoisotopic (exact) mass is 398 g/mol. The van der Waals surface area contributed by atoms with Crippen LogP contribution in [-0.2, 0) is 9.59 Å². The molecule has 0 fully saturated rings. The molecule has 0 aliphatic heterocycles. The maximum absolute atomic E-state index is 11.6. The second-order valence-electron chi connectivity index (χ2n) is 5.26. The van der Waals surface area contributed by atoms with Gasteiger partial charge in [-0.2, -0.15) is 0 Å². The van der Waals surface area contributed by atoms with E-state index in [0.29, 0.717) is 24.7 Å². The van der Waals surface area contributed by atoms with Gasteiger partial charge in [-0.25, -0.2) is 0 Å². The number of ketones is 2. The zero-order valence-corrected chi connectivity index (χ0v) is 14.8.